The fourth-order valence-corrected chi connectivity index (χ4v) is 3.12. The molecule has 0 aliphatic heterocycles. The minimum Gasteiger partial charge on any atom is -0.497 e. The molecule has 2 N–H and O–H groups in total. The summed E-state index contributed by atoms with van der Waals surface area (Å²) in [6.07, 6.45) is 1.55. The molecule has 1 aromatic carbocycles. The van der Waals surface area contributed by atoms with Crippen molar-refractivity contribution in [2.75, 3.05) is 7.11 Å². The third kappa shape index (κ3) is 4.03. The highest BCUT2D eigenvalue weighted by Crippen LogP contribution is 2.24. The minimum atomic E-state index is -0.657. The van der Waals surface area contributed by atoms with Gasteiger partial charge in [0.2, 0.25) is 5.91 Å². The number of carbonyl (C=O) groups excluding carboxylic acids is 2. The highest BCUT2D eigenvalue weighted by Gasteiger charge is 2.26. The molecule has 0 saturated heterocycles. The number of aryl methyl sites for hydroxylation is 1. The van der Waals surface area contributed by atoms with Crippen LogP contribution < -0.4 is 15.4 Å². The first-order chi connectivity index (χ1) is 13.4. The van der Waals surface area contributed by atoms with E-state index in [-0.39, 0.29) is 24.3 Å². The van der Waals surface area contributed by atoms with E-state index in [9.17, 15) is 9.59 Å². The number of nitrogens with zero attached hydrogens (tertiary/aromatic N) is 1. The molecule has 148 valence electrons. The lowest BCUT2D eigenvalue weighted by Gasteiger charge is -2.21. The van der Waals surface area contributed by atoms with E-state index < -0.39 is 6.04 Å². The molecule has 0 saturated carbocycles. The zero-order chi connectivity index (χ0) is 20.3. The summed E-state index contributed by atoms with van der Waals surface area (Å²) in [4.78, 5) is 25.5. The van der Waals surface area contributed by atoms with Crippen molar-refractivity contribution in [2.24, 2.45) is 13.0 Å². The molecule has 7 heteroatoms. The molecule has 2 amide bonds. The van der Waals surface area contributed by atoms with Gasteiger partial charge >= 0.3 is 0 Å². The average Bonchev–Trinajstić information content (AvgIpc) is 3.31. The van der Waals surface area contributed by atoms with E-state index in [4.69, 9.17) is 9.15 Å². The molecule has 3 aromatic rings. The molecule has 28 heavy (non-hydrogen) atoms. The van der Waals surface area contributed by atoms with Crippen LogP contribution in [0.25, 0.3) is 10.9 Å². The van der Waals surface area contributed by atoms with Gasteiger partial charge in [0, 0.05) is 18.0 Å². The van der Waals surface area contributed by atoms with Crippen molar-refractivity contribution in [3.63, 3.8) is 0 Å². The second-order valence-electron chi connectivity index (χ2n) is 7.01. The van der Waals surface area contributed by atoms with Gasteiger partial charge in [0.1, 0.15) is 23.2 Å². The molecular formula is C21H25N3O4. The summed E-state index contributed by atoms with van der Waals surface area (Å²) in [7, 11) is 3.43. The first-order valence-corrected chi connectivity index (χ1v) is 9.15. The Kier molecular flexibility index (Phi) is 5.73. The minimum absolute atomic E-state index is 0.0738. The number of rotatable bonds is 7. The molecule has 0 unspecified atom stereocenters. The van der Waals surface area contributed by atoms with Gasteiger partial charge in [-0.3, -0.25) is 9.59 Å². The van der Waals surface area contributed by atoms with E-state index in [1.165, 1.54) is 0 Å². The highest BCUT2D eigenvalue weighted by atomic mass is 16.5. The van der Waals surface area contributed by atoms with Crippen LogP contribution in [0.1, 0.15) is 30.1 Å². The Morgan fingerprint density at radius 3 is 2.64 bits per heavy atom. The van der Waals surface area contributed by atoms with Crippen molar-refractivity contribution in [1.29, 1.82) is 0 Å². The van der Waals surface area contributed by atoms with E-state index in [1.807, 2.05) is 43.7 Å². The zero-order valence-corrected chi connectivity index (χ0v) is 16.5. The van der Waals surface area contributed by atoms with E-state index in [0.717, 1.165) is 16.7 Å². The summed E-state index contributed by atoms with van der Waals surface area (Å²) >= 11 is 0. The molecule has 0 aliphatic carbocycles. The van der Waals surface area contributed by atoms with Gasteiger partial charge in [-0.15, -0.1) is 0 Å². The van der Waals surface area contributed by atoms with Crippen LogP contribution in [0.4, 0.5) is 0 Å². The zero-order valence-electron chi connectivity index (χ0n) is 16.5. The molecule has 0 radical (unpaired) electrons. The van der Waals surface area contributed by atoms with Crippen molar-refractivity contribution in [3.8, 4) is 5.75 Å². The third-order valence-corrected chi connectivity index (χ3v) is 4.73. The molecular weight excluding hydrogens is 358 g/mol. The second kappa shape index (κ2) is 8.21. The van der Waals surface area contributed by atoms with Crippen molar-refractivity contribution < 1.29 is 18.7 Å². The Hall–Kier alpha value is -3.22. The molecule has 7 nitrogen and oxygen atoms in total. The lowest BCUT2D eigenvalue weighted by Crippen LogP contribution is -2.49. The summed E-state index contributed by atoms with van der Waals surface area (Å²) in [6, 6.07) is 10.3. The smallest absolute Gasteiger partial charge is 0.268 e. The van der Waals surface area contributed by atoms with Gasteiger partial charge in [-0.1, -0.05) is 13.8 Å². The quantitative estimate of drug-likeness (QED) is 0.657. The summed E-state index contributed by atoms with van der Waals surface area (Å²) in [5, 5.41) is 6.57. The van der Waals surface area contributed by atoms with Crippen LogP contribution >= 0.6 is 0 Å². The largest absolute Gasteiger partial charge is 0.497 e. The summed E-state index contributed by atoms with van der Waals surface area (Å²) in [6.45, 7) is 4.06. The predicted octanol–water partition coefficient (Wildman–Crippen LogP) is 2.85. The van der Waals surface area contributed by atoms with Crippen molar-refractivity contribution in [3.05, 3.63) is 54.1 Å². The van der Waals surface area contributed by atoms with E-state index in [2.05, 4.69) is 10.6 Å². The number of benzene rings is 1. The summed E-state index contributed by atoms with van der Waals surface area (Å²) < 4.78 is 12.3. The van der Waals surface area contributed by atoms with Crippen LogP contribution in [0.2, 0.25) is 0 Å². The van der Waals surface area contributed by atoms with Gasteiger partial charge < -0.3 is 24.4 Å². The lowest BCUT2D eigenvalue weighted by molar-refractivity contribution is -0.124. The van der Waals surface area contributed by atoms with Gasteiger partial charge in [-0.2, -0.15) is 0 Å². The molecule has 0 fully saturated rings. The fraction of sp³-hybridized carbons (Fsp3) is 0.333. The van der Waals surface area contributed by atoms with E-state index >= 15 is 0 Å². The number of carbonyl (C=O) groups is 2. The van der Waals surface area contributed by atoms with Crippen LogP contribution in [-0.4, -0.2) is 29.5 Å². The molecule has 2 heterocycles. The monoisotopic (exact) mass is 383 g/mol. The van der Waals surface area contributed by atoms with Crippen LogP contribution in [0.15, 0.2) is 47.1 Å². The van der Waals surface area contributed by atoms with Gasteiger partial charge in [0.05, 0.1) is 19.9 Å². The lowest BCUT2D eigenvalue weighted by atomic mass is 10.0. The molecule has 1 atom stereocenters. The Balaban J connectivity index is 1.75. The molecule has 3 rings (SSSR count). The number of methoxy groups -OCH3 is 1. The first kappa shape index (κ1) is 19.5. The van der Waals surface area contributed by atoms with Gasteiger partial charge in [0.25, 0.3) is 5.91 Å². The van der Waals surface area contributed by atoms with Crippen LogP contribution in [0, 0.1) is 5.92 Å². The number of fused-ring (bicyclic) bond motifs is 1. The van der Waals surface area contributed by atoms with Gasteiger partial charge in [-0.05, 0) is 42.3 Å². The SMILES string of the molecule is COc1ccc2c(c1)cc(C(=O)N[C@H](C(=O)NCc1ccco1)C(C)C)n2C. The van der Waals surface area contributed by atoms with Crippen molar-refractivity contribution >= 4 is 22.7 Å². The molecule has 2 aromatic heterocycles. The topological polar surface area (TPSA) is 85.5 Å². The Morgan fingerprint density at radius 1 is 1.21 bits per heavy atom. The average molecular weight is 383 g/mol. The second-order valence-corrected chi connectivity index (χ2v) is 7.01. The van der Waals surface area contributed by atoms with E-state index in [0.29, 0.717) is 11.5 Å². The third-order valence-electron chi connectivity index (χ3n) is 4.73. The number of aromatic nitrogens is 1. The molecule has 0 aliphatic rings. The number of amides is 2. The first-order valence-electron chi connectivity index (χ1n) is 9.15. The Morgan fingerprint density at radius 2 is 2.00 bits per heavy atom. The van der Waals surface area contributed by atoms with Gasteiger partial charge in [0.15, 0.2) is 0 Å². The fourth-order valence-electron chi connectivity index (χ4n) is 3.12. The predicted molar refractivity (Wildman–Crippen MR) is 106 cm³/mol. The summed E-state index contributed by atoms with van der Waals surface area (Å²) in [5.74, 6) is 0.757. The number of furan rings is 1. The maximum Gasteiger partial charge on any atom is 0.268 e. The number of nitrogens with one attached hydrogen (secondary N) is 2. The normalized spacial score (nSPS) is 12.2. The van der Waals surface area contributed by atoms with Gasteiger partial charge in [-0.25, -0.2) is 0 Å². The molecule has 0 spiro atoms. The number of hydrogen-bond acceptors (Lipinski definition) is 4. The van der Waals surface area contributed by atoms with Crippen molar-refractivity contribution in [1.82, 2.24) is 15.2 Å². The highest BCUT2D eigenvalue weighted by molar-refractivity contribution is 6.01. The number of ether oxygens (including phenoxy) is 1. The van der Waals surface area contributed by atoms with Crippen molar-refractivity contribution in [2.45, 2.75) is 26.4 Å². The standard InChI is InChI=1S/C21H25N3O4/c1-13(2)19(21(26)22-12-16-6-5-9-28-16)23-20(25)18-11-14-10-15(27-4)7-8-17(14)24(18)3/h5-11,13,19H,12H2,1-4H3,(H,22,26)(H,23,25)/t19-/m0/s1. The Labute approximate surface area is 163 Å². The Bertz CT molecular complexity index is 973. The number of hydrogen-bond donors (Lipinski definition) is 2. The summed E-state index contributed by atoms with van der Waals surface area (Å²) in [5.41, 5.74) is 1.39. The van der Waals surface area contributed by atoms with Crippen LogP contribution in [0.3, 0.4) is 0 Å². The van der Waals surface area contributed by atoms with Crippen LogP contribution in [0.5, 0.6) is 5.75 Å². The molecule has 0 bridgehead atoms. The van der Waals surface area contributed by atoms with Crippen LogP contribution in [-0.2, 0) is 18.4 Å². The maximum absolute atomic E-state index is 12.9. The maximum atomic E-state index is 12.9. The van der Waals surface area contributed by atoms with E-state index in [1.54, 1.807) is 31.6 Å².